The lowest BCUT2D eigenvalue weighted by Gasteiger charge is -2.33. The summed E-state index contributed by atoms with van der Waals surface area (Å²) < 4.78 is 10.6. The zero-order valence-electron chi connectivity index (χ0n) is 9.09. The van der Waals surface area contributed by atoms with Crippen molar-refractivity contribution < 1.29 is 9.15 Å². The van der Waals surface area contributed by atoms with E-state index in [9.17, 15) is 4.79 Å². The Hall–Kier alpha value is -1.91. The number of benzene rings is 1. The van der Waals surface area contributed by atoms with Crippen molar-refractivity contribution in [2.45, 2.75) is 19.4 Å². The fourth-order valence-corrected chi connectivity index (χ4v) is 1.85. The van der Waals surface area contributed by atoms with E-state index in [0.29, 0.717) is 17.7 Å². The molecule has 0 saturated carbocycles. The SMILES string of the molecule is CC1(C)COc2cc3oc(=O)[nH]c3cc2N1. The van der Waals surface area contributed by atoms with Gasteiger partial charge in [0.25, 0.3) is 0 Å². The minimum Gasteiger partial charge on any atom is -0.489 e. The van der Waals surface area contributed by atoms with Gasteiger partial charge >= 0.3 is 5.76 Å². The van der Waals surface area contributed by atoms with Gasteiger partial charge in [0.2, 0.25) is 0 Å². The standard InChI is InChI=1S/C11H12N2O3/c1-11(2)5-15-8-4-9-6(3-7(8)13-11)12-10(14)16-9/h3-4,13H,5H2,1-2H3,(H,12,14). The van der Waals surface area contributed by atoms with E-state index < -0.39 is 5.76 Å². The number of fused-ring (bicyclic) bond motifs is 2. The number of rotatable bonds is 0. The molecule has 0 unspecified atom stereocenters. The van der Waals surface area contributed by atoms with Gasteiger partial charge < -0.3 is 14.5 Å². The third-order valence-corrected chi connectivity index (χ3v) is 2.58. The van der Waals surface area contributed by atoms with E-state index in [1.807, 2.05) is 6.07 Å². The number of hydrogen-bond acceptors (Lipinski definition) is 4. The van der Waals surface area contributed by atoms with E-state index in [0.717, 1.165) is 11.4 Å². The summed E-state index contributed by atoms with van der Waals surface area (Å²) in [7, 11) is 0. The van der Waals surface area contributed by atoms with Crippen LogP contribution in [0.2, 0.25) is 0 Å². The predicted octanol–water partition coefficient (Wildman–Crippen LogP) is 1.70. The smallest absolute Gasteiger partial charge is 0.417 e. The van der Waals surface area contributed by atoms with Crippen LogP contribution in [0.1, 0.15) is 13.8 Å². The van der Waals surface area contributed by atoms with Gasteiger partial charge in [-0.2, -0.15) is 0 Å². The molecule has 5 nitrogen and oxygen atoms in total. The van der Waals surface area contributed by atoms with E-state index in [4.69, 9.17) is 9.15 Å². The first kappa shape index (κ1) is 9.33. The summed E-state index contributed by atoms with van der Waals surface area (Å²) >= 11 is 0. The lowest BCUT2D eigenvalue weighted by molar-refractivity contribution is 0.242. The van der Waals surface area contributed by atoms with Crippen molar-refractivity contribution in [3.63, 3.8) is 0 Å². The third-order valence-electron chi connectivity index (χ3n) is 2.58. The van der Waals surface area contributed by atoms with Gasteiger partial charge in [0.15, 0.2) is 5.58 Å². The molecule has 0 spiro atoms. The van der Waals surface area contributed by atoms with E-state index >= 15 is 0 Å². The minimum absolute atomic E-state index is 0.106. The van der Waals surface area contributed by atoms with Crippen LogP contribution in [-0.4, -0.2) is 17.1 Å². The predicted molar refractivity (Wildman–Crippen MR) is 60.0 cm³/mol. The molecule has 0 amide bonds. The Balaban J connectivity index is 2.20. The van der Waals surface area contributed by atoms with Crippen molar-refractivity contribution in [3.8, 4) is 5.75 Å². The number of H-pyrrole nitrogens is 1. The van der Waals surface area contributed by atoms with Crippen LogP contribution < -0.4 is 15.8 Å². The molecule has 3 rings (SSSR count). The lowest BCUT2D eigenvalue weighted by Crippen LogP contribution is -2.40. The summed E-state index contributed by atoms with van der Waals surface area (Å²) in [5.74, 6) is 0.270. The Labute approximate surface area is 91.4 Å². The molecule has 0 radical (unpaired) electrons. The highest BCUT2D eigenvalue weighted by molar-refractivity contribution is 5.81. The Morgan fingerprint density at radius 3 is 3.00 bits per heavy atom. The fraction of sp³-hybridized carbons (Fsp3) is 0.364. The maximum Gasteiger partial charge on any atom is 0.417 e. The normalized spacial score (nSPS) is 17.6. The number of nitrogens with one attached hydrogen (secondary N) is 2. The van der Waals surface area contributed by atoms with Gasteiger partial charge in [-0.3, -0.25) is 4.98 Å². The van der Waals surface area contributed by atoms with Crippen molar-refractivity contribution in [1.29, 1.82) is 0 Å². The molecule has 16 heavy (non-hydrogen) atoms. The van der Waals surface area contributed by atoms with Crippen LogP contribution in [0.5, 0.6) is 5.75 Å². The molecule has 0 atom stereocenters. The molecule has 2 N–H and O–H groups in total. The number of oxazole rings is 1. The summed E-state index contributed by atoms with van der Waals surface area (Å²) in [4.78, 5) is 13.7. The summed E-state index contributed by atoms with van der Waals surface area (Å²) in [6.07, 6.45) is 0. The molecule has 1 aliphatic heterocycles. The van der Waals surface area contributed by atoms with Crippen LogP contribution in [0.3, 0.4) is 0 Å². The molecule has 0 aliphatic carbocycles. The topological polar surface area (TPSA) is 67.3 Å². The highest BCUT2D eigenvalue weighted by Crippen LogP contribution is 2.35. The average Bonchev–Trinajstić information content (AvgIpc) is 2.52. The van der Waals surface area contributed by atoms with Gasteiger partial charge in [-0.05, 0) is 19.9 Å². The third kappa shape index (κ3) is 1.36. The summed E-state index contributed by atoms with van der Waals surface area (Å²) in [6.45, 7) is 4.69. The van der Waals surface area contributed by atoms with Crippen LogP contribution in [-0.2, 0) is 0 Å². The molecule has 0 saturated heterocycles. The van der Waals surface area contributed by atoms with Crippen LogP contribution in [0.25, 0.3) is 11.1 Å². The Kier molecular flexibility index (Phi) is 1.64. The molecule has 0 fully saturated rings. The number of hydrogen-bond donors (Lipinski definition) is 2. The van der Waals surface area contributed by atoms with Crippen LogP contribution in [0.15, 0.2) is 21.3 Å². The molecule has 0 bridgehead atoms. The van der Waals surface area contributed by atoms with Gasteiger partial charge in [-0.15, -0.1) is 0 Å². The van der Waals surface area contributed by atoms with E-state index in [2.05, 4.69) is 24.1 Å². The molecule has 1 aromatic carbocycles. The van der Waals surface area contributed by atoms with Gasteiger partial charge in [0.1, 0.15) is 12.4 Å². The van der Waals surface area contributed by atoms with Crippen molar-refractivity contribution in [1.82, 2.24) is 4.98 Å². The van der Waals surface area contributed by atoms with Crippen molar-refractivity contribution in [2.24, 2.45) is 0 Å². The Morgan fingerprint density at radius 2 is 2.19 bits per heavy atom. The second-order valence-corrected chi connectivity index (χ2v) is 4.66. The van der Waals surface area contributed by atoms with Crippen molar-refractivity contribution in [3.05, 3.63) is 22.7 Å². The van der Waals surface area contributed by atoms with Gasteiger partial charge in [-0.1, -0.05) is 0 Å². The average molecular weight is 220 g/mol. The van der Waals surface area contributed by atoms with E-state index in [1.165, 1.54) is 0 Å². The number of aromatic amines is 1. The van der Waals surface area contributed by atoms with Gasteiger partial charge in [0.05, 0.1) is 16.7 Å². The van der Waals surface area contributed by atoms with Gasteiger partial charge in [0, 0.05) is 6.07 Å². The number of anilines is 1. The molecule has 1 aliphatic rings. The largest absolute Gasteiger partial charge is 0.489 e. The summed E-state index contributed by atoms with van der Waals surface area (Å²) in [5, 5.41) is 3.35. The van der Waals surface area contributed by atoms with Gasteiger partial charge in [-0.25, -0.2) is 4.79 Å². The zero-order chi connectivity index (χ0) is 11.3. The first-order valence-corrected chi connectivity index (χ1v) is 5.11. The molecule has 84 valence electrons. The first-order valence-electron chi connectivity index (χ1n) is 5.11. The van der Waals surface area contributed by atoms with Crippen molar-refractivity contribution >= 4 is 16.8 Å². The van der Waals surface area contributed by atoms with Crippen LogP contribution in [0.4, 0.5) is 5.69 Å². The first-order chi connectivity index (χ1) is 7.53. The van der Waals surface area contributed by atoms with Crippen LogP contribution in [0, 0.1) is 0 Å². The van der Waals surface area contributed by atoms with E-state index in [-0.39, 0.29) is 5.54 Å². The quantitative estimate of drug-likeness (QED) is 0.709. The molecule has 2 heterocycles. The second kappa shape index (κ2) is 2.81. The monoisotopic (exact) mass is 220 g/mol. The molecule has 2 aromatic rings. The highest BCUT2D eigenvalue weighted by Gasteiger charge is 2.26. The molecular formula is C11H12N2O3. The lowest BCUT2D eigenvalue weighted by atomic mass is 10.0. The number of ether oxygens (including phenoxy) is 1. The maximum atomic E-state index is 11.0. The second-order valence-electron chi connectivity index (χ2n) is 4.66. The number of aromatic nitrogens is 1. The highest BCUT2D eigenvalue weighted by atomic mass is 16.5. The Bertz CT molecular complexity index is 609. The van der Waals surface area contributed by atoms with Crippen molar-refractivity contribution in [2.75, 3.05) is 11.9 Å². The van der Waals surface area contributed by atoms with Crippen LogP contribution >= 0.6 is 0 Å². The minimum atomic E-state index is -0.448. The molecule has 1 aromatic heterocycles. The zero-order valence-corrected chi connectivity index (χ0v) is 9.09. The molecule has 5 heteroatoms. The molecular weight excluding hydrogens is 208 g/mol. The van der Waals surface area contributed by atoms with E-state index in [1.54, 1.807) is 6.07 Å². The summed E-state index contributed by atoms with van der Waals surface area (Å²) in [6, 6.07) is 3.56. The fourth-order valence-electron chi connectivity index (χ4n) is 1.85. The Morgan fingerprint density at radius 1 is 1.38 bits per heavy atom. The maximum absolute atomic E-state index is 11.0. The summed E-state index contributed by atoms with van der Waals surface area (Å²) in [5.41, 5.74) is 1.97.